The van der Waals surface area contributed by atoms with Gasteiger partial charge < -0.3 is 5.32 Å². The Kier molecular flexibility index (Phi) is 3.70. The second kappa shape index (κ2) is 5.43. The fourth-order valence-corrected chi connectivity index (χ4v) is 1.83. The lowest BCUT2D eigenvalue weighted by atomic mass is 10.0. The van der Waals surface area contributed by atoms with Crippen LogP contribution in [0.3, 0.4) is 0 Å². The summed E-state index contributed by atoms with van der Waals surface area (Å²) in [6.07, 6.45) is 2.39. The average Bonchev–Trinajstić information content (AvgIpc) is 2.39. The molecule has 2 rings (SSSR count). The van der Waals surface area contributed by atoms with Crippen LogP contribution in [0.15, 0.2) is 36.7 Å². The Hall–Kier alpha value is -2.50. The van der Waals surface area contributed by atoms with Crippen LogP contribution in [0.25, 0.3) is 0 Å². The summed E-state index contributed by atoms with van der Waals surface area (Å²) in [4.78, 5) is 17.8. The first-order chi connectivity index (χ1) is 9.08. The van der Waals surface area contributed by atoms with Gasteiger partial charge in [-0.15, -0.1) is 0 Å². The molecule has 0 saturated heterocycles. The van der Waals surface area contributed by atoms with Crippen LogP contribution in [0, 0.1) is 17.0 Å². The van der Waals surface area contributed by atoms with Crippen molar-refractivity contribution in [2.45, 2.75) is 19.9 Å². The van der Waals surface area contributed by atoms with Crippen molar-refractivity contribution in [1.82, 2.24) is 9.97 Å². The minimum atomic E-state index is -0.519. The molecule has 1 aromatic carbocycles. The molecule has 0 aliphatic carbocycles. The molecule has 2 aromatic rings. The van der Waals surface area contributed by atoms with Gasteiger partial charge in [0, 0.05) is 0 Å². The third kappa shape index (κ3) is 3.04. The fourth-order valence-electron chi connectivity index (χ4n) is 1.83. The van der Waals surface area contributed by atoms with E-state index in [-0.39, 0.29) is 11.7 Å². The van der Waals surface area contributed by atoms with Crippen molar-refractivity contribution in [1.29, 1.82) is 0 Å². The van der Waals surface area contributed by atoms with Crippen molar-refractivity contribution in [2.75, 3.05) is 5.32 Å². The highest BCUT2D eigenvalue weighted by Gasteiger charge is 2.11. The first kappa shape index (κ1) is 12.9. The topological polar surface area (TPSA) is 81.0 Å². The number of aromatic nitrogens is 2. The molecular formula is C13H14N4O2. The highest BCUT2D eigenvalue weighted by molar-refractivity contribution is 5.37. The fraction of sp³-hybridized carbons (Fsp3) is 0.231. The summed E-state index contributed by atoms with van der Waals surface area (Å²) in [6, 6.07) is 8.04. The molecule has 0 aliphatic heterocycles. The number of nitro groups is 1. The molecule has 0 radical (unpaired) electrons. The Morgan fingerprint density at radius 3 is 2.47 bits per heavy atom. The number of hydrogen-bond donors (Lipinski definition) is 1. The van der Waals surface area contributed by atoms with Crippen LogP contribution in [-0.4, -0.2) is 14.9 Å². The van der Waals surface area contributed by atoms with Gasteiger partial charge in [0.05, 0.1) is 11.0 Å². The normalized spacial score (nSPS) is 11.9. The number of hydrogen-bond acceptors (Lipinski definition) is 5. The second-order valence-corrected chi connectivity index (χ2v) is 4.24. The molecule has 6 heteroatoms. The molecule has 0 amide bonds. The molecule has 98 valence electrons. The minimum absolute atomic E-state index is 0.0302. The molecule has 0 bridgehead atoms. The van der Waals surface area contributed by atoms with Crippen LogP contribution in [0.4, 0.5) is 11.6 Å². The zero-order chi connectivity index (χ0) is 13.8. The number of aryl methyl sites for hydroxylation is 1. The van der Waals surface area contributed by atoms with Crippen molar-refractivity contribution < 1.29 is 4.92 Å². The molecule has 0 aliphatic rings. The third-order valence-corrected chi connectivity index (χ3v) is 2.85. The van der Waals surface area contributed by atoms with Gasteiger partial charge in [0.2, 0.25) is 5.95 Å². The molecule has 6 nitrogen and oxygen atoms in total. The zero-order valence-corrected chi connectivity index (χ0v) is 10.7. The maximum atomic E-state index is 10.5. The van der Waals surface area contributed by atoms with E-state index >= 15 is 0 Å². The Morgan fingerprint density at radius 2 is 1.89 bits per heavy atom. The van der Waals surface area contributed by atoms with E-state index < -0.39 is 4.92 Å². The van der Waals surface area contributed by atoms with Gasteiger partial charge in [0.25, 0.3) is 0 Å². The van der Waals surface area contributed by atoms with Gasteiger partial charge in [0.15, 0.2) is 0 Å². The predicted octanol–water partition coefficient (Wildman–Crippen LogP) is 2.87. The van der Waals surface area contributed by atoms with Gasteiger partial charge in [0.1, 0.15) is 12.4 Å². The SMILES string of the molecule is Cc1ccccc1C(C)Nc1ncc([N+](=O)[O-])cn1. The van der Waals surface area contributed by atoms with E-state index in [1.54, 1.807) is 0 Å². The monoisotopic (exact) mass is 258 g/mol. The van der Waals surface area contributed by atoms with Gasteiger partial charge in [-0.2, -0.15) is 0 Å². The summed E-state index contributed by atoms with van der Waals surface area (Å²) in [5.74, 6) is 0.376. The average molecular weight is 258 g/mol. The lowest BCUT2D eigenvalue weighted by molar-refractivity contribution is -0.385. The van der Waals surface area contributed by atoms with Gasteiger partial charge in [-0.25, -0.2) is 9.97 Å². The summed E-state index contributed by atoms with van der Waals surface area (Å²) in [5, 5.41) is 13.6. The Balaban J connectivity index is 2.13. The number of nitrogens with zero attached hydrogens (tertiary/aromatic N) is 3. The van der Waals surface area contributed by atoms with Crippen molar-refractivity contribution >= 4 is 11.6 Å². The van der Waals surface area contributed by atoms with E-state index in [2.05, 4.69) is 15.3 Å². The predicted molar refractivity (Wildman–Crippen MR) is 71.9 cm³/mol. The molecule has 1 aromatic heterocycles. The molecule has 0 fully saturated rings. The molecule has 1 heterocycles. The summed E-state index contributed by atoms with van der Waals surface area (Å²) in [5.41, 5.74) is 2.20. The van der Waals surface area contributed by atoms with Gasteiger partial charge >= 0.3 is 5.69 Å². The summed E-state index contributed by atoms with van der Waals surface area (Å²) >= 11 is 0. The zero-order valence-electron chi connectivity index (χ0n) is 10.7. The van der Waals surface area contributed by atoms with E-state index in [9.17, 15) is 10.1 Å². The van der Waals surface area contributed by atoms with Crippen LogP contribution in [0.2, 0.25) is 0 Å². The smallest absolute Gasteiger partial charge is 0.305 e. The van der Waals surface area contributed by atoms with Crippen LogP contribution in [0.5, 0.6) is 0 Å². The Morgan fingerprint density at radius 1 is 1.26 bits per heavy atom. The molecular weight excluding hydrogens is 244 g/mol. The van der Waals surface area contributed by atoms with Crippen molar-refractivity contribution in [3.8, 4) is 0 Å². The van der Waals surface area contributed by atoms with Gasteiger partial charge in [-0.1, -0.05) is 24.3 Å². The maximum absolute atomic E-state index is 10.5. The molecule has 0 spiro atoms. The minimum Gasteiger partial charge on any atom is -0.348 e. The maximum Gasteiger partial charge on any atom is 0.305 e. The van der Waals surface area contributed by atoms with E-state index in [0.29, 0.717) is 5.95 Å². The van der Waals surface area contributed by atoms with Crippen molar-refractivity contribution in [2.24, 2.45) is 0 Å². The van der Waals surface area contributed by atoms with Crippen LogP contribution in [0.1, 0.15) is 24.1 Å². The molecule has 19 heavy (non-hydrogen) atoms. The first-order valence-electron chi connectivity index (χ1n) is 5.86. The summed E-state index contributed by atoms with van der Waals surface area (Å²) < 4.78 is 0. The number of rotatable bonds is 4. The lowest BCUT2D eigenvalue weighted by Gasteiger charge is -2.16. The van der Waals surface area contributed by atoms with E-state index in [1.165, 1.54) is 18.0 Å². The van der Waals surface area contributed by atoms with E-state index in [0.717, 1.165) is 5.56 Å². The van der Waals surface area contributed by atoms with Crippen molar-refractivity contribution in [3.63, 3.8) is 0 Å². The Labute approximate surface area is 110 Å². The molecule has 1 unspecified atom stereocenters. The third-order valence-electron chi connectivity index (χ3n) is 2.85. The van der Waals surface area contributed by atoms with Crippen LogP contribution in [-0.2, 0) is 0 Å². The first-order valence-corrected chi connectivity index (χ1v) is 5.86. The number of anilines is 1. The molecule has 1 N–H and O–H groups in total. The standard InChI is InChI=1S/C13H14N4O2/c1-9-5-3-4-6-12(9)10(2)16-13-14-7-11(8-15-13)17(18)19/h3-8,10H,1-2H3,(H,14,15,16). The van der Waals surface area contributed by atoms with E-state index in [1.807, 2.05) is 38.1 Å². The van der Waals surface area contributed by atoms with Gasteiger partial charge in [-0.3, -0.25) is 10.1 Å². The second-order valence-electron chi connectivity index (χ2n) is 4.24. The Bertz CT molecular complexity index is 583. The summed E-state index contributed by atoms with van der Waals surface area (Å²) in [6.45, 7) is 4.03. The van der Waals surface area contributed by atoms with Crippen LogP contribution >= 0.6 is 0 Å². The van der Waals surface area contributed by atoms with Crippen LogP contribution < -0.4 is 5.32 Å². The number of benzene rings is 1. The molecule has 1 atom stereocenters. The molecule has 0 saturated carbocycles. The summed E-state index contributed by atoms with van der Waals surface area (Å²) in [7, 11) is 0. The highest BCUT2D eigenvalue weighted by atomic mass is 16.6. The quantitative estimate of drug-likeness (QED) is 0.673. The number of nitrogens with one attached hydrogen (secondary N) is 1. The van der Waals surface area contributed by atoms with Gasteiger partial charge in [-0.05, 0) is 25.0 Å². The largest absolute Gasteiger partial charge is 0.348 e. The van der Waals surface area contributed by atoms with E-state index in [4.69, 9.17) is 0 Å². The van der Waals surface area contributed by atoms with Crippen molar-refractivity contribution in [3.05, 3.63) is 57.9 Å². The highest BCUT2D eigenvalue weighted by Crippen LogP contribution is 2.20. The lowest BCUT2D eigenvalue weighted by Crippen LogP contribution is -2.10.